The monoisotopic (exact) mass is 329 g/mol. The minimum absolute atomic E-state index is 0.0644. The molecule has 2 amide bonds. The molecule has 7 heteroatoms. The lowest BCUT2D eigenvalue weighted by Crippen LogP contribution is -2.49. The van der Waals surface area contributed by atoms with Crippen LogP contribution in [-0.2, 0) is 10.0 Å². The van der Waals surface area contributed by atoms with Gasteiger partial charge in [0.05, 0.1) is 5.75 Å². The smallest absolute Gasteiger partial charge is 0.315 e. The van der Waals surface area contributed by atoms with Crippen LogP contribution in [0, 0.1) is 5.92 Å². The van der Waals surface area contributed by atoms with E-state index in [9.17, 15) is 13.2 Å². The maximum atomic E-state index is 11.9. The van der Waals surface area contributed by atoms with Gasteiger partial charge in [-0.2, -0.15) is 0 Å². The molecule has 0 bridgehead atoms. The third-order valence-corrected chi connectivity index (χ3v) is 6.36. The number of amides is 2. The van der Waals surface area contributed by atoms with Crippen molar-refractivity contribution < 1.29 is 13.2 Å². The van der Waals surface area contributed by atoms with E-state index in [4.69, 9.17) is 0 Å². The Hall–Kier alpha value is -1.08. The molecule has 1 unspecified atom stereocenters. The minimum Gasteiger partial charge on any atom is -0.338 e. The first-order chi connectivity index (χ1) is 10.5. The Morgan fingerprint density at radius 1 is 1.23 bits per heavy atom. The third kappa shape index (κ3) is 4.98. The summed E-state index contributed by atoms with van der Waals surface area (Å²) >= 11 is 0. The summed E-state index contributed by atoms with van der Waals surface area (Å²) in [6.07, 6.45) is 8.99. The SMILES string of the molecule is CCS(=O)(=O)N1CCC(NC(=O)NCC2CC=CCC2)CC1. The average Bonchev–Trinajstić information content (AvgIpc) is 2.54. The highest BCUT2D eigenvalue weighted by atomic mass is 32.2. The Labute approximate surface area is 133 Å². The van der Waals surface area contributed by atoms with Gasteiger partial charge in [0, 0.05) is 25.7 Å². The summed E-state index contributed by atoms with van der Waals surface area (Å²) in [7, 11) is -3.10. The lowest BCUT2D eigenvalue weighted by atomic mass is 9.94. The molecule has 1 aliphatic carbocycles. The second-order valence-corrected chi connectivity index (χ2v) is 8.34. The number of piperidine rings is 1. The van der Waals surface area contributed by atoms with Gasteiger partial charge < -0.3 is 10.6 Å². The predicted octanol–water partition coefficient (Wildman–Crippen LogP) is 1.46. The summed E-state index contributed by atoms with van der Waals surface area (Å²) in [5, 5.41) is 5.90. The van der Waals surface area contributed by atoms with Gasteiger partial charge in [0.25, 0.3) is 0 Å². The fraction of sp³-hybridized carbons (Fsp3) is 0.800. The van der Waals surface area contributed by atoms with Gasteiger partial charge in [-0.05, 0) is 44.9 Å². The Morgan fingerprint density at radius 2 is 1.95 bits per heavy atom. The molecule has 0 spiro atoms. The zero-order valence-electron chi connectivity index (χ0n) is 13.3. The number of carbonyl (C=O) groups excluding carboxylic acids is 1. The van der Waals surface area contributed by atoms with Crippen LogP contribution in [0.1, 0.15) is 39.0 Å². The van der Waals surface area contributed by atoms with Crippen molar-refractivity contribution in [3.8, 4) is 0 Å². The van der Waals surface area contributed by atoms with Gasteiger partial charge in [0.1, 0.15) is 0 Å². The van der Waals surface area contributed by atoms with Crippen LogP contribution in [-0.4, -0.2) is 50.2 Å². The number of hydrogen-bond acceptors (Lipinski definition) is 3. The maximum absolute atomic E-state index is 11.9. The molecule has 2 N–H and O–H groups in total. The molecule has 0 aromatic heterocycles. The zero-order chi connectivity index (χ0) is 16.0. The largest absolute Gasteiger partial charge is 0.338 e. The summed E-state index contributed by atoms with van der Waals surface area (Å²) in [6.45, 7) is 3.36. The third-order valence-electron chi connectivity index (χ3n) is 4.48. The molecule has 0 radical (unpaired) electrons. The van der Waals surface area contributed by atoms with Crippen molar-refractivity contribution in [2.24, 2.45) is 5.92 Å². The van der Waals surface area contributed by atoms with Crippen molar-refractivity contribution in [1.29, 1.82) is 0 Å². The van der Waals surface area contributed by atoms with Crippen LogP contribution in [0.5, 0.6) is 0 Å². The number of nitrogens with one attached hydrogen (secondary N) is 2. The first kappa shape index (κ1) is 17.3. The van der Waals surface area contributed by atoms with Crippen LogP contribution < -0.4 is 10.6 Å². The van der Waals surface area contributed by atoms with Crippen LogP contribution in [0.3, 0.4) is 0 Å². The van der Waals surface area contributed by atoms with Crippen LogP contribution in [0.15, 0.2) is 12.2 Å². The molecule has 1 heterocycles. The van der Waals surface area contributed by atoms with E-state index in [1.807, 2.05) is 0 Å². The Bertz CT molecular complexity index is 496. The molecule has 22 heavy (non-hydrogen) atoms. The highest BCUT2D eigenvalue weighted by Gasteiger charge is 2.27. The fourth-order valence-corrected chi connectivity index (χ4v) is 4.11. The number of hydrogen-bond donors (Lipinski definition) is 2. The molecule has 126 valence electrons. The van der Waals surface area contributed by atoms with Crippen LogP contribution in [0.2, 0.25) is 0 Å². The second kappa shape index (κ2) is 7.97. The zero-order valence-corrected chi connectivity index (χ0v) is 14.1. The Morgan fingerprint density at radius 3 is 2.55 bits per heavy atom. The first-order valence-electron chi connectivity index (χ1n) is 8.18. The van der Waals surface area contributed by atoms with Gasteiger partial charge in [-0.1, -0.05) is 12.2 Å². The Kier molecular flexibility index (Phi) is 6.26. The lowest BCUT2D eigenvalue weighted by Gasteiger charge is -2.31. The van der Waals surface area contributed by atoms with Crippen molar-refractivity contribution in [3.63, 3.8) is 0 Å². The second-order valence-electron chi connectivity index (χ2n) is 6.08. The molecule has 0 aromatic rings. The summed E-state index contributed by atoms with van der Waals surface area (Å²) < 4.78 is 25.1. The highest BCUT2D eigenvalue weighted by molar-refractivity contribution is 7.89. The predicted molar refractivity (Wildman–Crippen MR) is 87.1 cm³/mol. The fourth-order valence-electron chi connectivity index (χ4n) is 2.98. The molecule has 0 saturated carbocycles. The van der Waals surface area contributed by atoms with Crippen molar-refractivity contribution in [2.45, 2.75) is 45.1 Å². The molecule has 1 saturated heterocycles. The van der Waals surface area contributed by atoms with Crippen LogP contribution >= 0.6 is 0 Å². The molecule has 6 nitrogen and oxygen atoms in total. The summed E-state index contributed by atoms with van der Waals surface area (Å²) in [4.78, 5) is 11.9. The van der Waals surface area contributed by atoms with Crippen LogP contribution in [0.25, 0.3) is 0 Å². The lowest BCUT2D eigenvalue weighted by molar-refractivity contribution is 0.225. The van der Waals surface area contributed by atoms with E-state index in [0.29, 0.717) is 38.4 Å². The van der Waals surface area contributed by atoms with Crippen molar-refractivity contribution >= 4 is 16.1 Å². The maximum Gasteiger partial charge on any atom is 0.315 e. The van der Waals surface area contributed by atoms with Gasteiger partial charge >= 0.3 is 6.03 Å². The van der Waals surface area contributed by atoms with E-state index in [-0.39, 0.29) is 17.8 Å². The van der Waals surface area contributed by atoms with E-state index < -0.39 is 10.0 Å². The molecule has 1 fully saturated rings. The van der Waals surface area contributed by atoms with Gasteiger partial charge in [-0.15, -0.1) is 0 Å². The quantitative estimate of drug-likeness (QED) is 0.750. The highest BCUT2D eigenvalue weighted by Crippen LogP contribution is 2.17. The van der Waals surface area contributed by atoms with Gasteiger partial charge in [-0.25, -0.2) is 17.5 Å². The molecule has 0 aromatic carbocycles. The molecular weight excluding hydrogens is 302 g/mol. The number of allylic oxidation sites excluding steroid dienone is 2. The minimum atomic E-state index is -3.10. The number of nitrogens with zero attached hydrogens (tertiary/aromatic N) is 1. The molecule has 1 atom stereocenters. The van der Waals surface area contributed by atoms with Gasteiger partial charge in [-0.3, -0.25) is 0 Å². The van der Waals surface area contributed by atoms with Crippen molar-refractivity contribution in [3.05, 3.63) is 12.2 Å². The van der Waals surface area contributed by atoms with Crippen molar-refractivity contribution in [2.75, 3.05) is 25.4 Å². The molecular formula is C15H27N3O3S. The van der Waals surface area contributed by atoms with E-state index in [1.165, 1.54) is 4.31 Å². The topological polar surface area (TPSA) is 78.5 Å². The number of urea groups is 1. The van der Waals surface area contributed by atoms with Crippen LogP contribution in [0.4, 0.5) is 4.79 Å². The average molecular weight is 329 g/mol. The van der Waals surface area contributed by atoms with E-state index >= 15 is 0 Å². The standard InChI is InChI=1S/C15H27N3O3S/c1-2-22(20,21)18-10-8-14(9-11-18)17-15(19)16-12-13-6-4-3-5-7-13/h3-4,13-14H,2,5-12H2,1H3,(H2,16,17,19). The molecule has 2 rings (SSSR count). The van der Waals surface area contributed by atoms with E-state index in [1.54, 1.807) is 6.92 Å². The summed E-state index contributed by atoms with van der Waals surface area (Å²) in [6, 6.07) is -0.0686. The van der Waals surface area contributed by atoms with Crippen molar-refractivity contribution in [1.82, 2.24) is 14.9 Å². The number of sulfonamides is 1. The summed E-state index contributed by atoms with van der Waals surface area (Å²) in [5.41, 5.74) is 0. The summed E-state index contributed by atoms with van der Waals surface area (Å²) in [5.74, 6) is 0.675. The molecule has 2 aliphatic rings. The van der Waals surface area contributed by atoms with Gasteiger partial charge in [0.15, 0.2) is 0 Å². The van der Waals surface area contributed by atoms with E-state index in [0.717, 1.165) is 19.3 Å². The number of carbonyl (C=O) groups is 1. The first-order valence-corrected chi connectivity index (χ1v) is 9.79. The van der Waals surface area contributed by atoms with E-state index in [2.05, 4.69) is 22.8 Å². The number of rotatable bonds is 5. The Balaban J connectivity index is 1.67. The molecule has 1 aliphatic heterocycles. The normalized spacial score (nSPS) is 24.1. The van der Waals surface area contributed by atoms with Gasteiger partial charge in [0.2, 0.25) is 10.0 Å².